The fourth-order valence-corrected chi connectivity index (χ4v) is 4.67. The summed E-state index contributed by atoms with van der Waals surface area (Å²) in [5.41, 5.74) is 0.847. The maximum atomic E-state index is 13.4. The Balaban J connectivity index is 1.53. The second-order valence-corrected chi connectivity index (χ2v) is 8.99. The molecule has 1 N–H and O–H groups in total. The molecule has 0 saturated carbocycles. The van der Waals surface area contributed by atoms with E-state index in [1.807, 2.05) is 0 Å². The molecule has 0 bridgehead atoms. The van der Waals surface area contributed by atoms with Crippen molar-refractivity contribution < 1.29 is 27.0 Å². The lowest BCUT2D eigenvalue weighted by atomic mass is 10.0. The van der Waals surface area contributed by atoms with Crippen LogP contribution >= 0.6 is 0 Å². The first-order chi connectivity index (χ1) is 14.5. The van der Waals surface area contributed by atoms with Gasteiger partial charge in [-0.15, -0.1) is 0 Å². The smallest absolute Gasteiger partial charge is 0.240 e. The molecule has 1 saturated heterocycles. The van der Waals surface area contributed by atoms with Gasteiger partial charge in [0.1, 0.15) is 5.82 Å². The zero-order valence-electron chi connectivity index (χ0n) is 16.6. The van der Waals surface area contributed by atoms with E-state index in [9.17, 15) is 12.8 Å². The highest BCUT2D eigenvalue weighted by atomic mass is 32.2. The van der Waals surface area contributed by atoms with Crippen molar-refractivity contribution in [3.05, 3.63) is 53.8 Å². The minimum atomic E-state index is -3.77. The van der Waals surface area contributed by atoms with Crippen LogP contribution in [-0.4, -0.2) is 59.4 Å². The molecule has 2 aliphatic rings. The van der Waals surface area contributed by atoms with Crippen molar-refractivity contribution in [3.8, 4) is 11.5 Å². The number of rotatable bonds is 6. The second-order valence-electron chi connectivity index (χ2n) is 7.23. The summed E-state index contributed by atoms with van der Waals surface area (Å²) in [6, 6.07) is 10.6. The van der Waals surface area contributed by atoms with E-state index < -0.39 is 10.0 Å². The van der Waals surface area contributed by atoms with Gasteiger partial charge in [0.2, 0.25) is 10.0 Å². The van der Waals surface area contributed by atoms with Gasteiger partial charge in [0.25, 0.3) is 0 Å². The van der Waals surface area contributed by atoms with Crippen LogP contribution in [0.3, 0.4) is 0 Å². The molecular formula is C21H25FN2O5S. The van der Waals surface area contributed by atoms with Crippen LogP contribution in [0.5, 0.6) is 11.5 Å². The lowest BCUT2D eigenvalue weighted by Gasteiger charge is -2.34. The second kappa shape index (κ2) is 9.30. The summed E-state index contributed by atoms with van der Waals surface area (Å²) in [5, 5.41) is 0. The summed E-state index contributed by atoms with van der Waals surface area (Å²) >= 11 is 0. The largest absolute Gasteiger partial charge is 0.490 e. The molecule has 162 valence electrons. The number of fused-ring (bicyclic) bond motifs is 1. The van der Waals surface area contributed by atoms with Gasteiger partial charge < -0.3 is 14.2 Å². The molecule has 2 aromatic carbocycles. The highest BCUT2D eigenvalue weighted by Gasteiger charge is 2.26. The fraction of sp³-hybridized carbons (Fsp3) is 0.429. The normalized spacial score (nSPS) is 18.6. The number of sulfonamides is 1. The van der Waals surface area contributed by atoms with Gasteiger partial charge in [-0.25, -0.2) is 17.5 Å². The van der Waals surface area contributed by atoms with Crippen molar-refractivity contribution in [2.24, 2.45) is 0 Å². The van der Waals surface area contributed by atoms with Crippen molar-refractivity contribution in [2.75, 3.05) is 46.1 Å². The van der Waals surface area contributed by atoms with Crippen LogP contribution in [0.1, 0.15) is 18.0 Å². The lowest BCUT2D eigenvalue weighted by molar-refractivity contribution is 0.0172. The van der Waals surface area contributed by atoms with Gasteiger partial charge in [-0.2, -0.15) is 0 Å². The van der Waals surface area contributed by atoms with E-state index >= 15 is 0 Å². The molecule has 7 nitrogen and oxygen atoms in total. The van der Waals surface area contributed by atoms with Crippen LogP contribution in [-0.2, 0) is 14.8 Å². The van der Waals surface area contributed by atoms with Crippen molar-refractivity contribution in [1.82, 2.24) is 9.62 Å². The number of benzene rings is 2. The van der Waals surface area contributed by atoms with Crippen LogP contribution in [0.4, 0.5) is 4.39 Å². The summed E-state index contributed by atoms with van der Waals surface area (Å²) in [6.45, 7) is 3.67. The summed E-state index contributed by atoms with van der Waals surface area (Å²) in [6.07, 6.45) is 0.744. The Morgan fingerprint density at radius 3 is 2.40 bits per heavy atom. The Bertz CT molecular complexity index is 962. The Labute approximate surface area is 175 Å². The van der Waals surface area contributed by atoms with E-state index in [0.717, 1.165) is 12.0 Å². The zero-order valence-corrected chi connectivity index (χ0v) is 17.4. The molecule has 30 heavy (non-hydrogen) atoms. The predicted molar refractivity (Wildman–Crippen MR) is 109 cm³/mol. The number of nitrogens with one attached hydrogen (secondary N) is 1. The van der Waals surface area contributed by atoms with Gasteiger partial charge in [-0.05, 0) is 29.8 Å². The number of hydrogen-bond acceptors (Lipinski definition) is 6. The summed E-state index contributed by atoms with van der Waals surface area (Å²) < 4.78 is 58.6. The summed E-state index contributed by atoms with van der Waals surface area (Å²) in [7, 11) is -3.77. The Hall–Kier alpha value is -2.20. The molecule has 2 aromatic rings. The zero-order chi connectivity index (χ0) is 21.0. The molecule has 0 radical (unpaired) electrons. The third-order valence-corrected chi connectivity index (χ3v) is 6.66. The quantitative estimate of drug-likeness (QED) is 0.749. The average Bonchev–Trinajstić information content (AvgIpc) is 3.01. The van der Waals surface area contributed by atoms with Crippen LogP contribution in [0.2, 0.25) is 0 Å². The van der Waals surface area contributed by atoms with Gasteiger partial charge in [0, 0.05) is 38.2 Å². The SMILES string of the molecule is O=S(=O)(NCC(c1ccc(F)cc1)N1CCOCC1)c1ccc2c(c1)OCCCO2. The van der Waals surface area contributed by atoms with Gasteiger partial charge in [-0.1, -0.05) is 12.1 Å². The Morgan fingerprint density at radius 1 is 0.967 bits per heavy atom. The van der Waals surface area contributed by atoms with Crippen LogP contribution < -0.4 is 14.2 Å². The molecule has 0 spiro atoms. The number of hydrogen-bond donors (Lipinski definition) is 1. The van der Waals surface area contributed by atoms with Gasteiger partial charge in [0.05, 0.1) is 31.3 Å². The number of halogens is 1. The van der Waals surface area contributed by atoms with Gasteiger partial charge >= 0.3 is 0 Å². The first kappa shape index (κ1) is 21.0. The highest BCUT2D eigenvalue weighted by Crippen LogP contribution is 2.32. The molecule has 9 heteroatoms. The summed E-state index contributed by atoms with van der Waals surface area (Å²) in [5.74, 6) is 0.648. The lowest BCUT2D eigenvalue weighted by Crippen LogP contribution is -2.43. The third-order valence-electron chi connectivity index (χ3n) is 5.24. The van der Waals surface area contributed by atoms with E-state index in [2.05, 4.69) is 9.62 Å². The molecule has 2 heterocycles. The van der Waals surface area contributed by atoms with Crippen molar-refractivity contribution in [3.63, 3.8) is 0 Å². The first-order valence-electron chi connectivity index (χ1n) is 9.99. The molecule has 4 rings (SSSR count). The first-order valence-corrected chi connectivity index (χ1v) is 11.5. The van der Waals surface area contributed by atoms with E-state index in [4.69, 9.17) is 14.2 Å². The minimum absolute atomic E-state index is 0.117. The van der Waals surface area contributed by atoms with Crippen LogP contribution in [0.25, 0.3) is 0 Å². The molecule has 1 fully saturated rings. The van der Waals surface area contributed by atoms with Gasteiger partial charge in [-0.3, -0.25) is 4.90 Å². The monoisotopic (exact) mass is 436 g/mol. The van der Waals surface area contributed by atoms with Crippen LogP contribution in [0, 0.1) is 5.82 Å². The topological polar surface area (TPSA) is 77.1 Å². The van der Waals surface area contributed by atoms with Gasteiger partial charge in [0.15, 0.2) is 11.5 Å². The molecule has 0 aromatic heterocycles. The standard InChI is InChI=1S/C21H25FN2O5S/c22-17-4-2-16(3-5-17)19(24-8-12-27-13-9-24)15-23-30(25,26)18-6-7-20-21(14-18)29-11-1-10-28-20/h2-7,14,19,23H,1,8-13,15H2. The minimum Gasteiger partial charge on any atom is -0.490 e. The predicted octanol–water partition coefficient (Wildman–Crippen LogP) is 2.34. The molecule has 0 amide bonds. The van der Waals surface area contributed by atoms with Crippen molar-refractivity contribution in [2.45, 2.75) is 17.4 Å². The molecule has 0 aliphatic carbocycles. The van der Waals surface area contributed by atoms with Crippen molar-refractivity contribution in [1.29, 1.82) is 0 Å². The number of ether oxygens (including phenoxy) is 3. The van der Waals surface area contributed by atoms with E-state index in [-0.39, 0.29) is 23.3 Å². The summed E-state index contributed by atoms with van der Waals surface area (Å²) in [4.78, 5) is 2.26. The molecule has 1 unspecified atom stereocenters. The van der Waals surface area contributed by atoms with E-state index in [1.54, 1.807) is 18.2 Å². The Kier molecular flexibility index (Phi) is 6.52. The third kappa shape index (κ3) is 4.92. The fourth-order valence-electron chi connectivity index (χ4n) is 3.61. The number of morpholine rings is 1. The Morgan fingerprint density at radius 2 is 1.67 bits per heavy atom. The van der Waals surface area contributed by atoms with Crippen molar-refractivity contribution >= 4 is 10.0 Å². The number of nitrogens with zero attached hydrogens (tertiary/aromatic N) is 1. The average molecular weight is 437 g/mol. The highest BCUT2D eigenvalue weighted by molar-refractivity contribution is 7.89. The molecule has 1 atom stereocenters. The van der Waals surface area contributed by atoms with E-state index in [1.165, 1.54) is 24.3 Å². The maximum absolute atomic E-state index is 13.4. The van der Waals surface area contributed by atoms with Crippen LogP contribution in [0.15, 0.2) is 47.4 Å². The molecular weight excluding hydrogens is 411 g/mol. The molecule has 2 aliphatic heterocycles. The van der Waals surface area contributed by atoms with E-state index in [0.29, 0.717) is 51.0 Å². The maximum Gasteiger partial charge on any atom is 0.240 e.